The van der Waals surface area contributed by atoms with E-state index in [9.17, 15) is 4.79 Å². The number of rotatable bonds is 6. The first kappa shape index (κ1) is 22.0. The molecule has 1 amide bonds. The van der Waals surface area contributed by atoms with Gasteiger partial charge in [0.15, 0.2) is 0 Å². The van der Waals surface area contributed by atoms with Crippen molar-refractivity contribution in [1.82, 2.24) is 19.9 Å². The number of amides is 1. The number of aryl methyl sites for hydroxylation is 1. The highest BCUT2D eigenvalue weighted by atomic mass is 16.5. The molecule has 1 aromatic heterocycles. The van der Waals surface area contributed by atoms with Crippen LogP contribution in [0.5, 0.6) is 0 Å². The molecule has 0 spiro atoms. The molecule has 0 bridgehead atoms. The number of hydrogen-bond acceptors (Lipinski definition) is 5. The number of carbonyl (C=O) groups is 1. The third kappa shape index (κ3) is 5.07. The molecule has 34 heavy (non-hydrogen) atoms. The first-order valence-electron chi connectivity index (χ1n) is 11.7. The maximum absolute atomic E-state index is 12.8. The highest BCUT2D eigenvalue weighted by Crippen LogP contribution is 2.23. The van der Waals surface area contributed by atoms with Crippen LogP contribution in [0.15, 0.2) is 83.4 Å². The van der Waals surface area contributed by atoms with Crippen molar-refractivity contribution in [2.75, 3.05) is 26.2 Å². The van der Waals surface area contributed by atoms with Crippen LogP contribution in [-0.2, 0) is 17.8 Å². The molecule has 172 valence electrons. The smallest absolute Gasteiger partial charge is 0.258 e. The van der Waals surface area contributed by atoms with E-state index in [2.05, 4.69) is 40.2 Å². The van der Waals surface area contributed by atoms with Gasteiger partial charge < -0.3 is 9.42 Å². The van der Waals surface area contributed by atoms with Crippen molar-refractivity contribution in [2.45, 2.75) is 19.9 Å². The van der Waals surface area contributed by atoms with Gasteiger partial charge in [-0.15, -0.1) is 0 Å². The third-order valence-electron chi connectivity index (χ3n) is 6.37. The molecule has 0 radical (unpaired) electrons. The van der Waals surface area contributed by atoms with Crippen LogP contribution < -0.4 is 0 Å². The minimum atomic E-state index is 0.210. The van der Waals surface area contributed by atoms with Gasteiger partial charge in [0.05, 0.1) is 6.42 Å². The molecule has 1 aliphatic heterocycles. The van der Waals surface area contributed by atoms with Gasteiger partial charge in [-0.25, -0.2) is 0 Å². The molecule has 3 aromatic carbocycles. The predicted molar refractivity (Wildman–Crippen MR) is 132 cm³/mol. The topological polar surface area (TPSA) is 62.5 Å². The molecule has 5 rings (SSSR count). The minimum Gasteiger partial charge on any atom is -0.340 e. The Balaban J connectivity index is 1.18. The molecule has 6 heteroatoms. The van der Waals surface area contributed by atoms with Gasteiger partial charge in [0.1, 0.15) is 0 Å². The molecule has 0 saturated carbocycles. The Bertz CT molecular complexity index is 1260. The number of piperazine rings is 1. The summed E-state index contributed by atoms with van der Waals surface area (Å²) in [6.07, 6.45) is 0.477. The summed E-state index contributed by atoms with van der Waals surface area (Å²) in [6.45, 7) is 6.14. The Labute approximate surface area is 199 Å². The van der Waals surface area contributed by atoms with Gasteiger partial charge in [0, 0.05) is 43.9 Å². The summed E-state index contributed by atoms with van der Waals surface area (Å²) >= 11 is 0. The Kier molecular flexibility index (Phi) is 6.49. The fraction of sp³-hybridized carbons (Fsp3) is 0.250. The average Bonchev–Trinajstić information content (AvgIpc) is 3.37. The molecule has 4 aromatic rings. The standard InChI is InChI=1S/C28H28N4O2/c1-21-8-5-6-12-24(21)19-26(33)32-16-14-31(15-17-32)20-22-9-7-13-25(18-22)27-29-28(34-30-27)23-10-3-2-4-11-23/h2-13,18H,14-17,19-20H2,1H3. The summed E-state index contributed by atoms with van der Waals surface area (Å²) in [7, 11) is 0. The Morgan fingerprint density at radius 3 is 2.41 bits per heavy atom. The molecule has 2 heterocycles. The van der Waals surface area contributed by atoms with Crippen molar-refractivity contribution in [3.63, 3.8) is 0 Å². The quantitative estimate of drug-likeness (QED) is 0.428. The summed E-state index contributed by atoms with van der Waals surface area (Å²) in [5.41, 5.74) is 5.33. The summed E-state index contributed by atoms with van der Waals surface area (Å²) in [4.78, 5) is 21.7. The highest BCUT2D eigenvalue weighted by Gasteiger charge is 2.22. The van der Waals surface area contributed by atoms with E-state index in [0.717, 1.165) is 49.4 Å². The minimum absolute atomic E-state index is 0.210. The van der Waals surface area contributed by atoms with Gasteiger partial charge in [-0.05, 0) is 41.8 Å². The number of carbonyl (C=O) groups excluding carboxylic acids is 1. The summed E-state index contributed by atoms with van der Waals surface area (Å²) < 4.78 is 5.47. The van der Waals surface area contributed by atoms with Crippen molar-refractivity contribution in [1.29, 1.82) is 0 Å². The zero-order valence-corrected chi connectivity index (χ0v) is 19.4. The molecule has 1 aliphatic rings. The Hall–Kier alpha value is -3.77. The van der Waals surface area contributed by atoms with Gasteiger partial charge in [0.25, 0.3) is 5.89 Å². The molecule has 0 unspecified atom stereocenters. The fourth-order valence-corrected chi connectivity index (χ4v) is 4.34. The first-order chi connectivity index (χ1) is 16.7. The van der Waals surface area contributed by atoms with Crippen molar-refractivity contribution in [2.24, 2.45) is 0 Å². The Morgan fingerprint density at radius 2 is 1.62 bits per heavy atom. The molecule has 1 fully saturated rings. The molecule has 0 N–H and O–H groups in total. The van der Waals surface area contributed by atoms with E-state index in [4.69, 9.17) is 4.52 Å². The molecular formula is C28H28N4O2. The lowest BCUT2D eigenvalue weighted by molar-refractivity contribution is -0.132. The van der Waals surface area contributed by atoms with Gasteiger partial charge in [-0.1, -0.05) is 65.8 Å². The second-order valence-electron chi connectivity index (χ2n) is 8.75. The first-order valence-corrected chi connectivity index (χ1v) is 11.7. The van der Waals surface area contributed by atoms with Crippen molar-refractivity contribution in [3.05, 3.63) is 95.6 Å². The van der Waals surface area contributed by atoms with Crippen LogP contribution in [0, 0.1) is 6.92 Å². The van der Waals surface area contributed by atoms with Crippen molar-refractivity contribution < 1.29 is 9.32 Å². The number of benzene rings is 3. The van der Waals surface area contributed by atoms with E-state index in [1.165, 1.54) is 11.1 Å². The van der Waals surface area contributed by atoms with Crippen LogP contribution in [0.2, 0.25) is 0 Å². The molecule has 0 atom stereocenters. The van der Waals surface area contributed by atoms with Gasteiger partial charge in [-0.2, -0.15) is 4.98 Å². The molecule has 1 saturated heterocycles. The monoisotopic (exact) mass is 452 g/mol. The summed E-state index contributed by atoms with van der Waals surface area (Å²) in [6, 6.07) is 26.2. The van der Waals surface area contributed by atoms with E-state index >= 15 is 0 Å². The van der Waals surface area contributed by atoms with E-state index < -0.39 is 0 Å². The van der Waals surface area contributed by atoms with Crippen LogP contribution in [0.3, 0.4) is 0 Å². The summed E-state index contributed by atoms with van der Waals surface area (Å²) in [5.74, 6) is 1.32. The number of nitrogens with zero attached hydrogens (tertiary/aromatic N) is 4. The lowest BCUT2D eigenvalue weighted by Gasteiger charge is -2.35. The van der Waals surface area contributed by atoms with Gasteiger partial charge in [-0.3, -0.25) is 9.69 Å². The van der Waals surface area contributed by atoms with Crippen molar-refractivity contribution >= 4 is 5.91 Å². The van der Waals surface area contributed by atoms with E-state index in [-0.39, 0.29) is 5.91 Å². The van der Waals surface area contributed by atoms with Gasteiger partial charge >= 0.3 is 0 Å². The normalized spacial score (nSPS) is 14.3. The van der Waals surface area contributed by atoms with Crippen molar-refractivity contribution in [3.8, 4) is 22.8 Å². The van der Waals surface area contributed by atoms with Crippen LogP contribution in [-0.4, -0.2) is 52.0 Å². The maximum atomic E-state index is 12.8. The zero-order chi connectivity index (χ0) is 23.3. The van der Waals surface area contributed by atoms with E-state index in [0.29, 0.717) is 18.1 Å². The van der Waals surface area contributed by atoms with Gasteiger partial charge in [0.2, 0.25) is 11.7 Å². The SMILES string of the molecule is Cc1ccccc1CC(=O)N1CCN(Cc2cccc(-c3noc(-c4ccccc4)n3)c2)CC1. The van der Waals surface area contributed by atoms with Crippen LogP contribution in [0.25, 0.3) is 22.8 Å². The number of hydrogen-bond donors (Lipinski definition) is 0. The second kappa shape index (κ2) is 10.0. The van der Waals surface area contributed by atoms with Crippen LogP contribution in [0.4, 0.5) is 0 Å². The molecule has 6 nitrogen and oxygen atoms in total. The predicted octanol–water partition coefficient (Wildman–Crippen LogP) is 4.60. The second-order valence-corrected chi connectivity index (χ2v) is 8.75. The van der Waals surface area contributed by atoms with Crippen LogP contribution >= 0.6 is 0 Å². The maximum Gasteiger partial charge on any atom is 0.258 e. The highest BCUT2D eigenvalue weighted by molar-refractivity contribution is 5.79. The molecular weight excluding hydrogens is 424 g/mol. The average molecular weight is 453 g/mol. The lowest BCUT2D eigenvalue weighted by Crippen LogP contribution is -2.48. The largest absolute Gasteiger partial charge is 0.340 e. The van der Waals surface area contributed by atoms with E-state index in [1.54, 1.807) is 0 Å². The third-order valence-corrected chi connectivity index (χ3v) is 6.37. The fourth-order valence-electron chi connectivity index (χ4n) is 4.34. The van der Waals surface area contributed by atoms with Crippen LogP contribution in [0.1, 0.15) is 16.7 Å². The number of aromatic nitrogens is 2. The zero-order valence-electron chi connectivity index (χ0n) is 19.4. The lowest BCUT2D eigenvalue weighted by atomic mass is 10.1. The molecule has 0 aliphatic carbocycles. The van der Waals surface area contributed by atoms with E-state index in [1.807, 2.05) is 65.6 Å². The Morgan fingerprint density at radius 1 is 0.882 bits per heavy atom. The summed E-state index contributed by atoms with van der Waals surface area (Å²) in [5, 5.41) is 4.18.